The number of hydrogen-bond acceptors (Lipinski definition) is 4. The summed E-state index contributed by atoms with van der Waals surface area (Å²) in [5.74, 6) is 0.956. The monoisotopic (exact) mass is 430 g/mol. The lowest BCUT2D eigenvalue weighted by Gasteiger charge is -2.06. The average molecular weight is 431 g/mol. The van der Waals surface area contributed by atoms with Crippen molar-refractivity contribution in [1.82, 2.24) is 10.2 Å². The first kappa shape index (κ1) is 24.8. The standard InChI is InChI=1S/C26H42N2OS/c1-3-5-7-9-11-13-15-17-25-27-28-26(30-25)23-18-20-24(21-19-23)29-22-16-14-12-10-8-6-4-2/h18-21H,3-17,22H2,1-2H3. The van der Waals surface area contributed by atoms with Gasteiger partial charge in [-0.2, -0.15) is 0 Å². The van der Waals surface area contributed by atoms with Gasteiger partial charge in [-0.25, -0.2) is 0 Å². The Balaban J connectivity index is 1.61. The molecular formula is C26H42N2OS. The van der Waals surface area contributed by atoms with Gasteiger partial charge in [0.15, 0.2) is 0 Å². The van der Waals surface area contributed by atoms with Gasteiger partial charge in [-0.15, -0.1) is 10.2 Å². The second-order valence-electron chi connectivity index (χ2n) is 8.37. The van der Waals surface area contributed by atoms with Crippen LogP contribution in [0.4, 0.5) is 0 Å². The highest BCUT2D eigenvalue weighted by molar-refractivity contribution is 7.14. The van der Waals surface area contributed by atoms with E-state index in [9.17, 15) is 0 Å². The molecule has 0 bridgehead atoms. The topological polar surface area (TPSA) is 35.0 Å². The van der Waals surface area contributed by atoms with E-state index in [1.807, 2.05) is 0 Å². The Morgan fingerprint density at radius 2 is 1.23 bits per heavy atom. The number of nitrogens with zero attached hydrogens (tertiary/aromatic N) is 2. The summed E-state index contributed by atoms with van der Waals surface area (Å²) in [4.78, 5) is 0. The first-order chi connectivity index (χ1) is 14.8. The molecular weight excluding hydrogens is 388 g/mol. The Labute approximate surface area is 188 Å². The Bertz CT molecular complexity index is 653. The zero-order valence-electron chi connectivity index (χ0n) is 19.3. The Kier molecular flexibility index (Phi) is 13.5. The van der Waals surface area contributed by atoms with Gasteiger partial charge in [0.2, 0.25) is 0 Å². The van der Waals surface area contributed by atoms with Crippen molar-refractivity contribution in [3.63, 3.8) is 0 Å². The van der Waals surface area contributed by atoms with E-state index in [1.54, 1.807) is 11.3 Å². The lowest BCUT2D eigenvalue weighted by atomic mass is 10.1. The summed E-state index contributed by atoms with van der Waals surface area (Å²) in [6, 6.07) is 8.35. The summed E-state index contributed by atoms with van der Waals surface area (Å²) in [7, 11) is 0. The van der Waals surface area contributed by atoms with Crippen LogP contribution >= 0.6 is 11.3 Å². The van der Waals surface area contributed by atoms with Gasteiger partial charge in [-0.3, -0.25) is 0 Å². The summed E-state index contributed by atoms with van der Waals surface area (Å²) in [6.07, 6.45) is 19.6. The molecule has 2 rings (SSSR count). The summed E-state index contributed by atoms with van der Waals surface area (Å²) in [5.41, 5.74) is 1.14. The molecule has 0 fully saturated rings. The average Bonchev–Trinajstić information content (AvgIpc) is 3.24. The maximum absolute atomic E-state index is 5.90. The maximum Gasteiger partial charge on any atom is 0.147 e. The van der Waals surface area contributed by atoms with Crippen LogP contribution in [0.25, 0.3) is 10.6 Å². The molecule has 168 valence electrons. The molecule has 4 heteroatoms. The van der Waals surface area contributed by atoms with Crippen LogP contribution < -0.4 is 4.74 Å². The molecule has 2 aromatic rings. The maximum atomic E-state index is 5.90. The van der Waals surface area contributed by atoms with Crippen molar-refractivity contribution < 1.29 is 4.74 Å². The van der Waals surface area contributed by atoms with E-state index in [-0.39, 0.29) is 0 Å². The molecule has 1 aromatic carbocycles. The van der Waals surface area contributed by atoms with Crippen molar-refractivity contribution >= 4 is 11.3 Å². The fourth-order valence-corrected chi connectivity index (χ4v) is 4.53. The molecule has 1 aromatic heterocycles. The fourth-order valence-electron chi connectivity index (χ4n) is 3.65. The molecule has 0 aliphatic carbocycles. The third kappa shape index (κ3) is 10.6. The van der Waals surface area contributed by atoms with Crippen LogP contribution in [-0.2, 0) is 6.42 Å². The predicted octanol–water partition coefficient (Wildman–Crippen LogP) is 8.63. The van der Waals surface area contributed by atoms with Gasteiger partial charge < -0.3 is 4.74 Å². The molecule has 3 nitrogen and oxygen atoms in total. The molecule has 0 aliphatic heterocycles. The van der Waals surface area contributed by atoms with Crippen LogP contribution in [-0.4, -0.2) is 16.8 Å². The third-order valence-electron chi connectivity index (χ3n) is 5.58. The fraction of sp³-hybridized carbons (Fsp3) is 0.692. The van der Waals surface area contributed by atoms with E-state index in [0.29, 0.717) is 0 Å². The highest BCUT2D eigenvalue weighted by Gasteiger charge is 2.07. The lowest BCUT2D eigenvalue weighted by molar-refractivity contribution is 0.304. The van der Waals surface area contributed by atoms with Crippen molar-refractivity contribution in [3.05, 3.63) is 29.3 Å². The van der Waals surface area contributed by atoms with Crippen LogP contribution in [0.3, 0.4) is 0 Å². The summed E-state index contributed by atoms with van der Waals surface area (Å²) in [6.45, 7) is 5.35. The molecule has 0 unspecified atom stereocenters. The van der Waals surface area contributed by atoms with E-state index >= 15 is 0 Å². The molecule has 0 atom stereocenters. The number of hydrogen-bond donors (Lipinski definition) is 0. The smallest absolute Gasteiger partial charge is 0.147 e. The van der Waals surface area contributed by atoms with Crippen LogP contribution in [0, 0.1) is 0 Å². The van der Waals surface area contributed by atoms with E-state index in [2.05, 4.69) is 48.3 Å². The molecule has 0 radical (unpaired) electrons. The lowest BCUT2D eigenvalue weighted by Crippen LogP contribution is -1.97. The third-order valence-corrected chi connectivity index (χ3v) is 6.61. The quantitative estimate of drug-likeness (QED) is 0.222. The molecule has 0 amide bonds. The number of unbranched alkanes of at least 4 members (excludes halogenated alkanes) is 12. The number of ether oxygens (including phenoxy) is 1. The molecule has 30 heavy (non-hydrogen) atoms. The van der Waals surface area contributed by atoms with Crippen LogP contribution in [0.5, 0.6) is 5.75 Å². The normalized spacial score (nSPS) is 11.1. The number of benzene rings is 1. The second kappa shape index (κ2) is 16.3. The predicted molar refractivity (Wildman–Crippen MR) is 131 cm³/mol. The highest BCUT2D eigenvalue weighted by atomic mass is 32.1. The SMILES string of the molecule is CCCCCCCCCOc1ccc(-c2nnc(CCCCCCCCC)s2)cc1. The zero-order valence-corrected chi connectivity index (χ0v) is 20.2. The molecule has 1 heterocycles. The largest absolute Gasteiger partial charge is 0.494 e. The minimum absolute atomic E-state index is 0.814. The van der Waals surface area contributed by atoms with E-state index < -0.39 is 0 Å². The van der Waals surface area contributed by atoms with Gasteiger partial charge in [0, 0.05) is 12.0 Å². The number of aryl methyl sites for hydroxylation is 1. The highest BCUT2D eigenvalue weighted by Crippen LogP contribution is 2.26. The van der Waals surface area contributed by atoms with Crippen molar-refractivity contribution in [1.29, 1.82) is 0 Å². The van der Waals surface area contributed by atoms with Gasteiger partial charge in [-0.05, 0) is 37.1 Å². The van der Waals surface area contributed by atoms with Gasteiger partial charge >= 0.3 is 0 Å². The number of rotatable bonds is 18. The Hall–Kier alpha value is -1.42. The van der Waals surface area contributed by atoms with Crippen molar-refractivity contribution in [2.75, 3.05) is 6.61 Å². The first-order valence-electron chi connectivity index (χ1n) is 12.4. The zero-order chi connectivity index (χ0) is 21.3. The first-order valence-corrected chi connectivity index (χ1v) is 13.2. The molecule has 0 spiro atoms. The molecule has 0 aliphatic rings. The Morgan fingerprint density at radius 1 is 0.667 bits per heavy atom. The van der Waals surface area contributed by atoms with Crippen LogP contribution in [0.15, 0.2) is 24.3 Å². The second-order valence-corrected chi connectivity index (χ2v) is 9.43. The minimum Gasteiger partial charge on any atom is -0.494 e. The number of aromatic nitrogens is 2. The van der Waals surface area contributed by atoms with Gasteiger partial charge in [0.25, 0.3) is 0 Å². The van der Waals surface area contributed by atoms with E-state index in [1.165, 1.54) is 83.5 Å². The van der Waals surface area contributed by atoms with E-state index in [4.69, 9.17) is 4.74 Å². The van der Waals surface area contributed by atoms with Crippen LogP contribution in [0.1, 0.15) is 109 Å². The van der Waals surface area contributed by atoms with Gasteiger partial charge in [0.1, 0.15) is 15.8 Å². The van der Waals surface area contributed by atoms with Crippen molar-refractivity contribution in [3.8, 4) is 16.3 Å². The van der Waals surface area contributed by atoms with Gasteiger partial charge in [0.05, 0.1) is 6.61 Å². The Morgan fingerprint density at radius 3 is 1.87 bits per heavy atom. The van der Waals surface area contributed by atoms with Crippen molar-refractivity contribution in [2.45, 2.75) is 110 Å². The van der Waals surface area contributed by atoms with Gasteiger partial charge in [-0.1, -0.05) is 102 Å². The minimum atomic E-state index is 0.814. The molecule has 0 saturated heterocycles. The van der Waals surface area contributed by atoms with Crippen molar-refractivity contribution in [2.24, 2.45) is 0 Å². The summed E-state index contributed by atoms with van der Waals surface area (Å²) in [5, 5.41) is 11.0. The van der Waals surface area contributed by atoms with E-state index in [0.717, 1.165) is 40.8 Å². The summed E-state index contributed by atoms with van der Waals surface area (Å²) < 4.78 is 5.90. The summed E-state index contributed by atoms with van der Waals surface area (Å²) >= 11 is 1.73. The molecule has 0 N–H and O–H groups in total. The molecule has 0 saturated carbocycles. The van der Waals surface area contributed by atoms with Crippen LogP contribution in [0.2, 0.25) is 0 Å².